The fourth-order valence-corrected chi connectivity index (χ4v) is 4.80. The van der Waals surface area contributed by atoms with Gasteiger partial charge in [0.15, 0.2) is 5.78 Å². The highest BCUT2D eigenvalue weighted by atomic mass is 16.3. The highest BCUT2D eigenvalue weighted by Crippen LogP contribution is 2.71. The first kappa shape index (κ1) is 10.8. The molecule has 3 aliphatic carbocycles. The van der Waals surface area contributed by atoms with E-state index in [1.165, 1.54) is 0 Å². The Bertz CT molecular complexity index is 347. The Kier molecular flexibility index (Phi) is 1.95. The molecule has 0 aliphatic heterocycles. The summed E-state index contributed by atoms with van der Waals surface area (Å²) in [7, 11) is 0. The van der Waals surface area contributed by atoms with E-state index in [-0.39, 0.29) is 11.7 Å². The second-order valence-corrected chi connectivity index (χ2v) is 6.88. The molecule has 3 aliphatic rings. The number of rotatable bonds is 0. The summed E-state index contributed by atoms with van der Waals surface area (Å²) in [6.07, 6.45) is 3.33. The van der Waals surface area contributed by atoms with Gasteiger partial charge in [-0.25, -0.2) is 0 Å². The molecule has 3 rings (SSSR count). The van der Waals surface area contributed by atoms with Crippen LogP contribution in [0.5, 0.6) is 0 Å². The average molecular weight is 222 g/mol. The zero-order chi connectivity index (χ0) is 11.7. The Morgan fingerprint density at radius 1 is 1.25 bits per heavy atom. The van der Waals surface area contributed by atoms with Crippen LogP contribution in [0.1, 0.15) is 46.5 Å². The van der Waals surface area contributed by atoms with E-state index >= 15 is 0 Å². The molecule has 2 heteroatoms. The minimum Gasteiger partial charge on any atom is -0.382 e. The quantitative estimate of drug-likeness (QED) is 0.683. The number of ketones is 1. The maximum atomic E-state index is 12.0. The van der Waals surface area contributed by atoms with Gasteiger partial charge in [0.05, 0.1) is 0 Å². The van der Waals surface area contributed by atoms with Crippen molar-refractivity contribution in [2.24, 2.45) is 29.1 Å². The Morgan fingerprint density at radius 3 is 2.62 bits per heavy atom. The highest BCUT2D eigenvalue weighted by Gasteiger charge is 2.70. The van der Waals surface area contributed by atoms with Crippen LogP contribution >= 0.6 is 0 Å². The van der Waals surface area contributed by atoms with Gasteiger partial charge in [-0.15, -0.1) is 0 Å². The summed E-state index contributed by atoms with van der Waals surface area (Å²) in [5.41, 5.74) is -0.604. The zero-order valence-corrected chi connectivity index (χ0v) is 10.5. The molecule has 0 aromatic heterocycles. The number of hydrogen-bond acceptors (Lipinski definition) is 2. The molecule has 16 heavy (non-hydrogen) atoms. The van der Waals surface area contributed by atoms with Crippen LogP contribution in [-0.2, 0) is 4.79 Å². The molecule has 0 unspecified atom stereocenters. The molecule has 1 N–H and O–H groups in total. The fourth-order valence-electron chi connectivity index (χ4n) is 4.80. The first-order chi connectivity index (χ1) is 7.39. The van der Waals surface area contributed by atoms with Crippen molar-refractivity contribution in [2.45, 2.75) is 52.1 Å². The Morgan fingerprint density at radius 2 is 1.94 bits per heavy atom. The lowest BCUT2D eigenvalue weighted by atomic mass is 9.62. The second kappa shape index (κ2) is 2.90. The molecule has 90 valence electrons. The van der Waals surface area contributed by atoms with E-state index in [0.717, 1.165) is 18.8 Å². The Labute approximate surface area is 97.4 Å². The van der Waals surface area contributed by atoms with Crippen LogP contribution < -0.4 is 0 Å². The smallest absolute Gasteiger partial charge is 0.164 e. The molecule has 0 aromatic carbocycles. The van der Waals surface area contributed by atoms with Crippen LogP contribution in [0, 0.1) is 29.1 Å². The number of carbonyl (C=O) groups is 1. The van der Waals surface area contributed by atoms with Gasteiger partial charge in [-0.2, -0.15) is 0 Å². The lowest BCUT2D eigenvalue weighted by molar-refractivity contribution is -0.159. The average Bonchev–Trinajstić information content (AvgIpc) is 2.76. The molecule has 0 spiro atoms. The van der Waals surface area contributed by atoms with E-state index in [9.17, 15) is 9.90 Å². The minimum absolute atomic E-state index is 0.122. The lowest BCUT2D eigenvalue weighted by Gasteiger charge is -2.45. The van der Waals surface area contributed by atoms with Crippen molar-refractivity contribution in [1.82, 2.24) is 0 Å². The van der Waals surface area contributed by atoms with Crippen molar-refractivity contribution in [3.05, 3.63) is 0 Å². The van der Waals surface area contributed by atoms with Gasteiger partial charge >= 0.3 is 0 Å². The highest BCUT2D eigenvalue weighted by molar-refractivity contribution is 5.88. The number of carbonyl (C=O) groups excluding carboxylic acids is 1. The molecule has 0 heterocycles. The van der Waals surface area contributed by atoms with Crippen molar-refractivity contribution in [3.63, 3.8) is 0 Å². The van der Waals surface area contributed by atoms with Crippen molar-refractivity contribution in [3.8, 4) is 0 Å². The topological polar surface area (TPSA) is 37.3 Å². The maximum absolute atomic E-state index is 12.0. The van der Waals surface area contributed by atoms with Gasteiger partial charge in [-0.3, -0.25) is 4.79 Å². The van der Waals surface area contributed by atoms with E-state index in [0.29, 0.717) is 30.1 Å². The number of Topliss-reactive ketones (excluding diaryl/α,β-unsaturated/α-hetero) is 1. The Balaban J connectivity index is 1.98. The normalized spacial score (nSPS) is 54.1. The third-order valence-electron chi connectivity index (χ3n) is 5.84. The van der Waals surface area contributed by atoms with Crippen molar-refractivity contribution in [1.29, 1.82) is 0 Å². The van der Waals surface area contributed by atoms with Gasteiger partial charge in [0.25, 0.3) is 0 Å². The Hall–Kier alpha value is -0.370. The zero-order valence-electron chi connectivity index (χ0n) is 10.5. The first-order valence-electron chi connectivity index (χ1n) is 6.64. The van der Waals surface area contributed by atoms with E-state index in [2.05, 4.69) is 20.8 Å². The van der Waals surface area contributed by atoms with Gasteiger partial charge in [-0.1, -0.05) is 20.8 Å². The third-order valence-corrected chi connectivity index (χ3v) is 5.84. The van der Waals surface area contributed by atoms with Crippen molar-refractivity contribution in [2.75, 3.05) is 0 Å². The molecule has 2 nitrogen and oxygen atoms in total. The molecule has 0 amide bonds. The predicted molar refractivity (Wildman–Crippen MR) is 61.8 cm³/mol. The molecule has 0 bridgehead atoms. The van der Waals surface area contributed by atoms with Crippen LogP contribution in [0.3, 0.4) is 0 Å². The van der Waals surface area contributed by atoms with Crippen LogP contribution in [0.15, 0.2) is 0 Å². The summed E-state index contributed by atoms with van der Waals surface area (Å²) in [6.45, 7) is 6.83. The van der Waals surface area contributed by atoms with E-state index < -0.39 is 5.60 Å². The van der Waals surface area contributed by atoms with E-state index in [4.69, 9.17) is 0 Å². The summed E-state index contributed by atoms with van der Waals surface area (Å²) in [5, 5.41) is 10.7. The lowest BCUT2D eigenvalue weighted by Crippen LogP contribution is -2.54. The van der Waals surface area contributed by atoms with Gasteiger partial charge in [0.2, 0.25) is 0 Å². The SMILES string of the molecule is C[C@@H]1CCC(=O)[C@]2(O)CC[C@@H]3[C@H]([C@@H]12)C3(C)C. The summed E-state index contributed by atoms with van der Waals surface area (Å²) in [6, 6.07) is 0. The third kappa shape index (κ3) is 1.09. The molecule has 0 saturated heterocycles. The van der Waals surface area contributed by atoms with Crippen LogP contribution in [-0.4, -0.2) is 16.5 Å². The summed E-state index contributed by atoms with van der Waals surface area (Å²) in [4.78, 5) is 12.0. The van der Waals surface area contributed by atoms with E-state index in [1.807, 2.05) is 0 Å². The van der Waals surface area contributed by atoms with Crippen molar-refractivity contribution < 1.29 is 9.90 Å². The van der Waals surface area contributed by atoms with Gasteiger partial charge < -0.3 is 5.11 Å². The van der Waals surface area contributed by atoms with Gasteiger partial charge in [0.1, 0.15) is 5.60 Å². The van der Waals surface area contributed by atoms with Crippen molar-refractivity contribution >= 4 is 5.78 Å². The molecular weight excluding hydrogens is 200 g/mol. The van der Waals surface area contributed by atoms with Crippen LogP contribution in [0.2, 0.25) is 0 Å². The van der Waals surface area contributed by atoms with Gasteiger partial charge in [-0.05, 0) is 42.4 Å². The monoisotopic (exact) mass is 222 g/mol. The number of aliphatic hydroxyl groups is 1. The molecule has 0 radical (unpaired) electrons. The first-order valence-corrected chi connectivity index (χ1v) is 6.64. The molecule has 0 aromatic rings. The summed E-state index contributed by atoms with van der Waals surface area (Å²) < 4.78 is 0. The molecular formula is C14H22O2. The fraction of sp³-hybridized carbons (Fsp3) is 0.929. The summed E-state index contributed by atoms with van der Waals surface area (Å²) in [5.74, 6) is 2.22. The molecule has 3 fully saturated rings. The van der Waals surface area contributed by atoms with E-state index in [1.54, 1.807) is 0 Å². The summed E-state index contributed by atoms with van der Waals surface area (Å²) >= 11 is 0. The maximum Gasteiger partial charge on any atom is 0.164 e. The predicted octanol–water partition coefficient (Wildman–Crippen LogP) is 2.40. The minimum atomic E-state index is -0.966. The number of hydrogen-bond donors (Lipinski definition) is 1. The largest absolute Gasteiger partial charge is 0.382 e. The molecule has 5 atom stereocenters. The van der Waals surface area contributed by atoms with Gasteiger partial charge in [0, 0.05) is 12.3 Å². The molecule has 3 saturated carbocycles. The van der Waals surface area contributed by atoms with Crippen LogP contribution in [0.4, 0.5) is 0 Å². The number of fused-ring (bicyclic) bond motifs is 3. The standard InChI is InChI=1S/C14H22O2/c1-8-4-5-10(15)14(16)7-6-9-12(11(8)14)13(9,2)3/h8-9,11-12,16H,4-7H2,1-3H3/t8-,9-,11-,12-,14-/m1/s1. The second-order valence-electron chi connectivity index (χ2n) is 6.88. The van der Waals surface area contributed by atoms with Crippen LogP contribution in [0.25, 0.3) is 0 Å².